The van der Waals surface area contributed by atoms with Crippen LogP contribution in [0.1, 0.15) is 11.5 Å². The summed E-state index contributed by atoms with van der Waals surface area (Å²) in [5.41, 5.74) is 0.406. The van der Waals surface area contributed by atoms with Crippen LogP contribution in [0.2, 0.25) is 0 Å². The summed E-state index contributed by atoms with van der Waals surface area (Å²) in [6.07, 6.45) is 1.35. The van der Waals surface area contributed by atoms with Crippen LogP contribution in [0.4, 0.5) is 0 Å². The van der Waals surface area contributed by atoms with Crippen molar-refractivity contribution in [2.45, 2.75) is 12.1 Å². The van der Waals surface area contributed by atoms with Crippen LogP contribution >= 0.6 is 11.8 Å². The number of aromatic nitrogens is 2. The zero-order valence-corrected chi connectivity index (χ0v) is 10.7. The molecule has 1 aromatic carbocycles. The smallest absolute Gasteiger partial charge is 0.342 e. The largest absolute Gasteiger partial charge is 0.507 e. The standard InChI is InChI=1S/C12H10N2O4S/c1-7-13-14-12(18-7)19-10(11(16)17)6-8-4-2-3-5-9(8)15/h2-6,15H,1H3,(H,16,17)/b10-6-. The summed E-state index contributed by atoms with van der Waals surface area (Å²) < 4.78 is 5.11. The molecule has 2 N–H and O–H groups in total. The van der Waals surface area contributed by atoms with E-state index in [0.717, 1.165) is 11.8 Å². The van der Waals surface area contributed by atoms with Crippen LogP contribution in [-0.2, 0) is 4.79 Å². The van der Waals surface area contributed by atoms with Crippen molar-refractivity contribution in [1.29, 1.82) is 0 Å². The third-order valence-corrected chi connectivity index (χ3v) is 2.99. The quantitative estimate of drug-likeness (QED) is 0.654. The van der Waals surface area contributed by atoms with Crippen molar-refractivity contribution in [3.63, 3.8) is 0 Å². The van der Waals surface area contributed by atoms with Gasteiger partial charge in [0.25, 0.3) is 5.22 Å². The van der Waals surface area contributed by atoms with Crippen molar-refractivity contribution in [3.05, 3.63) is 40.6 Å². The molecule has 0 saturated carbocycles. The third kappa shape index (κ3) is 3.35. The van der Waals surface area contributed by atoms with E-state index in [2.05, 4.69) is 10.2 Å². The number of hydrogen-bond acceptors (Lipinski definition) is 6. The molecule has 1 aromatic heterocycles. The predicted molar refractivity (Wildman–Crippen MR) is 68.6 cm³/mol. The number of aliphatic carboxylic acids is 1. The van der Waals surface area contributed by atoms with E-state index in [1.54, 1.807) is 25.1 Å². The number of carbonyl (C=O) groups is 1. The van der Waals surface area contributed by atoms with Crippen molar-refractivity contribution in [2.75, 3.05) is 0 Å². The minimum atomic E-state index is -1.14. The molecule has 7 heteroatoms. The first-order valence-electron chi connectivity index (χ1n) is 5.27. The van der Waals surface area contributed by atoms with Crippen LogP contribution in [0.3, 0.4) is 0 Å². The zero-order chi connectivity index (χ0) is 13.8. The summed E-state index contributed by atoms with van der Waals surface area (Å²) in [5, 5.41) is 26.2. The summed E-state index contributed by atoms with van der Waals surface area (Å²) in [7, 11) is 0. The summed E-state index contributed by atoms with van der Waals surface area (Å²) in [6, 6.07) is 6.44. The molecule has 0 aliphatic carbocycles. The highest BCUT2D eigenvalue weighted by molar-refractivity contribution is 8.03. The molecule has 2 rings (SSSR count). The first-order chi connectivity index (χ1) is 9.06. The Morgan fingerprint density at radius 2 is 2.11 bits per heavy atom. The minimum Gasteiger partial charge on any atom is -0.507 e. The Kier molecular flexibility index (Phi) is 3.86. The van der Waals surface area contributed by atoms with Gasteiger partial charge in [-0.1, -0.05) is 18.2 Å². The Bertz CT molecular complexity index is 636. The second kappa shape index (κ2) is 5.57. The van der Waals surface area contributed by atoms with Crippen LogP contribution in [0, 0.1) is 6.92 Å². The lowest BCUT2D eigenvalue weighted by molar-refractivity contribution is -0.131. The van der Waals surface area contributed by atoms with Crippen molar-refractivity contribution < 1.29 is 19.4 Å². The van der Waals surface area contributed by atoms with Gasteiger partial charge < -0.3 is 14.6 Å². The summed E-state index contributed by atoms with van der Waals surface area (Å²) >= 11 is 0.831. The fourth-order valence-corrected chi connectivity index (χ4v) is 2.00. The van der Waals surface area contributed by atoms with Crippen molar-refractivity contribution >= 4 is 23.8 Å². The van der Waals surface area contributed by atoms with Gasteiger partial charge in [-0.05, 0) is 23.9 Å². The molecule has 0 unspecified atom stereocenters. The maximum absolute atomic E-state index is 11.2. The minimum absolute atomic E-state index is 0.00330. The lowest BCUT2D eigenvalue weighted by Gasteiger charge is -2.01. The number of aryl methyl sites for hydroxylation is 1. The van der Waals surface area contributed by atoms with Crippen LogP contribution in [-0.4, -0.2) is 26.4 Å². The Hall–Kier alpha value is -2.28. The number of carboxylic acids is 1. The Balaban J connectivity index is 2.30. The number of benzene rings is 1. The van der Waals surface area contributed by atoms with Gasteiger partial charge in [-0.25, -0.2) is 4.79 Å². The third-order valence-electron chi connectivity index (χ3n) is 2.14. The molecule has 0 atom stereocenters. The van der Waals surface area contributed by atoms with Gasteiger partial charge in [0.05, 0.1) is 0 Å². The first-order valence-corrected chi connectivity index (χ1v) is 6.09. The fraction of sp³-hybridized carbons (Fsp3) is 0.0833. The number of aromatic hydroxyl groups is 1. The molecule has 19 heavy (non-hydrogen) atoms. The van der Waals surface area contributed by atoms with E-state index in [-0.39, 0.29) is 15.9 Å². The van der Waals surface area contributed by atoms with Crippen molar-refractivity contribution in [1.82, 2.24) is 10.2 Å². The molecular weight excluding hydrogens is 268 g/mol. The van der Waals surface area contributed by atoms with Gasteiger partial charge in [-0.2, -0.15) is 0 Å². The Morgan fingerprint density at radius 3 is 2.68 bits per heavy atom. The average Bonchev–Trinajstić information content (AvgIpc) is 2.76. The maximum atomic E-state index is 11.2. The van der Waals surface area contributed by atoms with E-state index in [0.29, 0.717) is 11.5 Å². The molecule has 0 aliphatic rings. The summed E-state index contributed by atoms with van der Waals surface area (Å²) in [6.45, 7) is 1.62. The predicted octanol–water partition coefficient (Wildman–Crippen LogP) is 2.30. The van der Waals surface area contributed by atoms with E-state index in [4.69, 9.17) is 9.52 Å². The van der Waals surface area contributed by atoms with E-state index in [1.165, 1.54) is 12.1 Å². The molecule has 0 amide bonds. The zero-order valence-electron chi connectivity index (χ0n) is 9.90. The number of phenolic OH excluding ortho intramolecular Hbond substituents is 1. The molecule has 0 radical (unpaired) electrons. The number of para-hydroxylation sites is 1. The maximum Gasteiger partial charge on any atom is 0.342 e. The number of thioether (sulfide) groups is 1. The van der Waals surface area contributed by atoms with E-state index in [9.17, 15) is 9.90 Å². The molecule has 0 spiro atoms. The lowest BCUT2D eigenvalue weighted by Crippen LogP contribution is -1.96. The SMILES string of the molecule is Cc1nnc(S/C(=C\c2ccccc2O)C(=O)O)o1. The van der Waals surface area contributed by atoms with Crippen molar-refractivity contribution in [2.24, 2.45) is 0 Å². The molecule has 2 aromatic rings. The average molecular weight is 278 g/mol. The molecule has 1 heterocycles. The number of carboxylic acid groups (broad SMARTS) is 1. The first kappa shape index (κ1) is 13.2. The second-order valence-corrected chi connectivity index (χ2v) is 4.55. The van der Waals surface area contributed by atoms with Crippen LogP contribution in [0.5, 0.6) is 5.75 Å². The Morgan fingerprint density at radius 1 is 1.37 bits per heavy atom. The van der Waals surface area contributed by atoms with Gasteiger partial charge in [0.15, 0.2) is 0 Å². The second-order valence-electron chi connectivity index (χ2n) is 3.56. The Labute approximate surface area is 112 Å². The summed E-state index contributed by atoms with van der Waals surface area (Å²) in [5.74, 6) is -0.775. The molecular formula is C12H10N2O4S. The number of rotatable bonds is 4. The van der Waals surface area contributed by atoms with Crippen molar-refractivity contribution in [3.8, 4) is 5.75 Å². The van der Waals surface area contributed by atoms with Gasteiger partial charge in [0, 0.05) is 12.5 Å². The molecule has 98 valence electrons. The van der Waals surface area contributed by atoms with Crippen LogP contribution in [0.25, 0.3) is 6.08 Å². The van der Waals surface area contributed by atoms with E-state index >= 15 is 0 Å². The van der Waals surface area contributed by atoms with Crippen LogP contribution < -0.4 is 0 Å². The summed E-state index contributed by atoms with van der Waals surface area (Å²) in [4.78, 5) is 11.1. The van der Waals surface area contributed by atoms with Gasteiger partial charge in [0.1, 0.15) is 10.7 Å². The highest BCUT2D eigenvalue weighted by Gasteiger charge is 2.14. The monoisotopic (exact) mass is 278 g/mol. The molecule has 0 fully saturated rings. The van der Waals surface area contributed by atoms with Gasteiger partial charge in [-0.3, -0.25) is 0 Å². The van der Waals surface area contributed by atoms with E-state index < -0.39 is 5.97 Å². The van der Waals surface area contributed by atoms with Gasteiger partial charge in [0.2, 0.25) is 5.89 Å². The lowest BCUT2D eigenvalue weighted by atomic mass is 10.2. The fourth-order valence-electron chi connectivity index (χ4n) is 1.30. The molecule has 0 aliphatic heterocycles. The number of nitrogens with zero attached hydrogens (tertiary/aromatic N) is 2. The number of phenols is 1. The van der Waals surface area contributed by atoms with Gasteiger partial charge >= 0.3 is 5.97 Å². The molecule has 6 nitrogen and oxygen atoms in total. The van der Waals surface area contributed by atoms with E-state index in [1.807, 2.05) is 0 Å². The highest BCUT2D eigenvalue weighted by atomic mass is 32.2. The normalized spacial score (nSPS) is 11.5. The number of hydrogen-bond donors (Lipinski definition) is 2. The molecule has 0 bridgehead atoms. The van der Waals surface area contributed by atoms with Gasteiger partial charge in [-0.15, -0.1) is 10.2 Å². The topological polar surface area (TPSA) is 96.5 Å². The molecule has 0 saturated heterocycles. The van der Waals surface area contributed by atoms with Crippen LogP contribution in [0.15, 0.2) is 38.8 Å². The highest BCUT2D eigenvalue weighted by Crippen LogP contribution is 2.29.